The number of aromatic nitrogens is 5. The van der Waals surface area contributed by atoms with Gasteiger partial charge in [-0.05, 0) is 25.1 Å². The lowest BCUT2D eigenvalue weighted by molar-refractivity contribution is 0.172. The minimum atomic E-state index is 0.632. The van der Waals surface area contributed by atoms with E-state index < -0.39 is 0 Å². The second kappa shape index (κ2) is 7.98. The maximum atomic E-state index is 5.85. The van der Waals surface area contributed by atoms with Crippen LogP contribution in [0.2, 0.25) is 0 Å². The van der Waals surface area contributed by atoms with Crippen LogP contribution in [0.1, 0.15) is 17.7 Å². The molecule has 0 fully saturated rings. The first kappa shape index (κ1) is 17.8. The summed E-state index contributed by atoms with van der Waals surface area (Å²) in [6.07, 6.45) is 4.57. The molecule has 7 nitrogen and oxygen atoms in total. The molecule has 0 bridgehead atoms. The minimum Gasteiger partial charge on any atom is -0.493 e. The molecule has 8 heteroatoms. The zero-order valence-corrected chi connectivity index (χ0v) is 16.1. The van der Waals surface area contributed by atoms with Crippen LogP contribution in [-0.4, -0.2) is 45.5 Å². The molecular formula is C19H21N5O2S. The Hall–Kier alpha value is -2.58. The van der Waals surface area contributed by atoms with E-state index in [2.05, 4.69) is 25.1 Å². The fraction of sp³-hybridized carbons (Fsp3) is 0.316. The Morgan fingerprint density at radius 3 is 2.85 bits per heavy atom. The van der Waals surface area contributed by atoms with Gasteiger partial charge in [-0.1, -0.05) is 11.8 Å². The number of hydrogen-bond acceptors (Lipinski definition) is 6. The van der Waals surface area contributed by atoms with Gasteiger partial charge >= 0.3 is 0 Å². The van der Waals surface area contributed by atoms with Gasteiger partial charge in [-0.15, -0.1) is 0 Å². The number of rotatable bonds is 8. The average molecular weight is 383 g/mol. The van der Waals surface area contributed by atoms with Crippen LogP contribution in [0.25, 0.3) is 21.9 Å². The SMILES string of the molecule is COCCCOc1ccnc(CSc2nc3cc4c[nH][nH]c4cc3n2)c1C. The summed E-state index contributed by atoms with van der Waals surface area (Å²) in [5, 5.41) is 7.92. The second-order valence-corrected chi connectivity index (χ2v) is 7.15. The molecule has 0 aliphatic carbocycles. The van der Waals surface area contributed by atoms with E-state index >= 15 is 0 Å². The molecule has 0 unspecified atom stereocenters. The average Bonchev–Trinajstić information content (AvgIpc) is 3.28. The van der Waals surface area contributed by atoms with E-state index in [0.717, 1.165) is 50.5 Å². The van der Waals surface area contributed by atoms with Crippen molar-refractivity contribution in [1.82, 2.24) is 25.1 Å². The molecule has 4 rings (SSSR count). The highest BCUT2D eigenvalue weighted by molar-refractivity contribution is 7.98. The number of nitrogens with zero attached hydrogens (tertiary/aromatic N) is 3. The molecule has 2 N–H and O–H groups in total. The quantitative estimate of drug-likeness (QED) is 0.355. The predicted molar refractivity (Wildman–Crippen MR) is 106 cm³/mol. The molecule has 0 spiro atoms. The van der Waals surface area contributed by atoms with Crippen molar-refractivity contribution in [1.29, 1.82) is 0 Å². The Morgan fingerprint density at radius 1 is 1.15 bits per heavy atom. The molecule has 0 amide bonds. The van der Waals surface area contributed by atoms with Gasteiger partial charge in [-0.2, -0.15) is 0 Å². The number of benzene rings is 1. The van der Waals surface area contributed by atoms with E-state index in [1.807, 2.05) is 31.3 Å². The van der Waals surface area contributed by atoms with Crippen LogP contribution in [0.3, 0.4) is 0 Å². The maximum Gasteiger partial charge on any atom is 0.189 e. The van der Waals surface area contributed by atoms with E-state index in [1.165, 1.54) is 0 Å². The van der Waals surface area contributed by atoms with Gasteiger partial charge in [-0.25, -0.2) is 9.97 Å². The second-order valence-electron chi connectivity index (χ2n) is 6.21. The first-order valence-corrected chi connectivity index (χ1v) is 9.75. The first-order valence-electron chi connectivity index (χ1n) is 8.77. The molecule has 0 saturated carbocycles. The first-order chi connectivity index (χ1) is 13.2. The number of imidazole rings is 1. The zero-order chi connectivity index (χ0) is 18.6. The highest BCUT2D eigenvalue weighted by atomic mass is 32.2. The summed E-state index contributed by atoms with van der Waals surface area (Å²) in [7, 11) is 1.70. The number of aromatic amines is 2. The molecule has 140 valence electrons. The maximum absolute atomic E-state index is 5.85. The molecule has 0 radical (unpaired) electrons. The summed E-state index contributed by atoms with van der Waals surface area (Å²) in [5.74, 6) is 1.57. The minimum absolute atomic E-state index is 0.632. The molecule has 4 aromatic rings. The Bertz CT molecular complexity index is 1010. The smallest absolute Gasteiger partial charge is 0.189 e. The van der Waals surface area contributed by atoms with E-state index in [0.29, 0.717) is 19.0 Å². The van der Waals surface area contributed by atoms with Gasteiger partial charge in [0.15, 0.2) is 5.16 Å². The van der Waals surface area contributed by atoms with E-state index in [4.69, 9.17) is 9.47 Å². The Kier molecular flexibility index (Phi) is 5.26. The van der Waals surface area contributed by atoms with Crippen LogP contribution in [-0.2, 0) is 10.5 Å². The van der Waals surface area contributed by atoms with Crippen LogP contribution >= 0.6 is 11.8 Å². The number of fused-ring (bicyclic) bond motifs is 2. The molecule has 0 aliphatic heterocycles. The Balaban J connectivity index is 1.45. The molecule has 0 aliphatic rings. The van der Waals surface area contributed by atoms with Crippen LogP contribution in [0.5, 0.6) is 5.75 Å². The molecular weight excluding hydrogens is 362 g/mol. The monoisotopic (exact) mass is 383 g/mol. The lowest BCUT2D eigenvalue weighted by Gasteiger charge is -2.11. The van der Waals surface area contributed by atoms with Crippen molar-refractivity contribution >= 4 is 33.7 Å². The summed E-state index contributed by atoms with van der Waals surface area (Å²) >= 11 is 1.58. The number of pyridine rings is 1. The third-order valence-electron chi connectivity index (χ3n) is 4.36. The molecule has 1 aromatic carbocycles. The van der Waals surface area contributed by atoms with Crippen LogP contribution in [0.15, 0.2) is 35.7 Å². The summed E-state index contributed by atoms with van der Waals surface area (Å²) in [4.78, 5) is 13.8. The molecule has 3 aromatic heterocycles. The summed E-state index contributed by atoms with van der Waals surface area (Å²) in [6, 6.07) is 5.95. The van der Waals surface area contributed by atoms with E-state index in [-0.39, 0.29) is 0 Å². The van der Waals surface area contributed by atoms with Gasteiger partial charge in [0.05, 0.1) is 28.9 Å². The normalized spacial score (nSPS) is 11.5. The van der Waals surface area contributed by atoms with Gasteiger partial charge in [0, 0.05) is 49.2 Å². The third-order valence-corrected chi connectivity index (χ3v) is 5.22. The fourth-order valence-electron chi connectivity index (χ4n) is 2.87. The zero-order valence-electron chi connectivity index (χ0n) is 15.3. The van der Waals surface area contributed by atoms with Gasteiger partial charge in [0.25, 0.3) is 0 Å². The lowest BCUT2D eigenvalue weighted by Crippen LogP contribution is -2.04. The fourth-order valence-corrected chi connectivity index (χ4v) is 3.75. The van der Waals surface area contributed by atoms with Gasteiger partial charge in [0.1, 0.15) is 5.75 Å². The summed E-state index contributed by atoms with van der Waals surface area (Å²) < 4.78 is 10.9. The van der Waals surface area contributed by atoms with Crippen molar-refractivity contribution < 1.29 is 9.47 Å². The number of methoxy groups -OCH3 is 1. The highest BCUT2D eigenvalue weighted by Gasteiger charge is 2.11. The summed E-state index contributed by atoms with van der Waals surface area (Å²) in [5.41, 5.74) is 4.86. The summed E-state index contributed by atoms with van der Waals surface area (Å²) in [6.45, 7) is 3.37. The van der Waals surface area contributed by atoms with Crippen molar-refractivity contribution in [2.75, 3.05) is 20.3 Å². The van der Waals surface area contributed by atoms with E-state index in [9.17, 15) is 0 Å². The number of thioether (sulfide) groups is 1. The molecule has 27 heavy (non-hydrogen) atoms. The van der Waals surface area contributed by atoms with Crippen molar-refractivity contribution in [3.05, 3.63) is 41.9 Å². The van der Waals surface area contributed by atoms with Crippen LogP contribution < -0.4 is 4.74 Å². The standard InChI is InChI=1S/C19H21N5O2S/c1-12-17(20-5-4-18(12)26-7-3-6-25-2)11-27-19-22-15-8-13-10-21-24-14(13)9-16(15)23-19/h4-5,8-10,21,24H,3,6-7,11H2,1-2H3. The molecule has 3 heterocycles. The molecule has 0 atom stereocenters. The predicted octanol–water partition coefficient (Wildman–Crippen LogP) is 3.85. The number of hydrogen-bond donors (Lipinski definition) is 2. The van der Waals surface area contributed by atoms with Crippen LogP contribution in [0, 0.1) is 6.92 Å². The van der Waals surface area contributed by atoms with Crippen molar-refractivity contribution in [2.45, 2.75) is 24.3 Å². The van der Waals surface area contributed by atoms with Gasteiger partial charge in [0.2, 0.25) is 0 Å². The lowest BCUT2D eigenvalue weighted by atomic mass is 10.2. The number of nitrogens with one attached hydrogen (secondary N) is 2. The highest BCUT2D eigenvalue weighted by Crippen LogP contribution is 2.28. The van der Waals surface area contributed by atoms with Crippen LogP contribution in [0.4, 0.5) is 0 Å². The topological polar surface area (TPSA) is 88.7 Å². The Labute approximate surface area is 160 Å². The third kappa shape index (κ3) is 3.91. The van der Waals surface area contributed by atoms with Crippen molar-refractivity contribution in [2.24, 2.45) is 0 Å². The largest absolute Gasteiger partial charge is 0.493 e. The molecule has 0 saturated heterocycles. The van der Waals surface area contributed by atoms with E-state index in [1.54, 1.807) is 25.1 Å². The van der Waals surface area contributed by atoms with Crippen molar-refractivity contribution in [3.63, 3.8) is 0 Å². The van der Waals surface area contributed by atoms with Crippen molar-refractivity contribution in [3.8, 4) is 5.75 Å². The van der Waals surface area contributed by atoms with Gasteiger partial charge < -0.3 is 19.7 Å². The Morgan fingerprint density at radius 2 is 2.00 bits per heavy atom. The van der Waals surface area contributed by atoms with Gasteiger partial charge in [-0.3, -0.25) is 4.98 Å². The number of ether oxygens (including phenoxy) is 2. The number of H-pyrrole nitrogens is 2.